The fraction of sp³-hybridized carbons (Fsp3) is 0.567. The van der Waals surface area contributed by atoms with Gasteiger partial charge in [-0.15, -0.1) is 11.3 Å². The maximum atomic E-state index is 14.1. The molecule has 220 valence electrons. The molecule has 0 spiro atoms. The molecule has 3 aliphatic rings. The van der Waals surface area contributed by atoms with Crippen LogP contribution in [0.25, 0.3) is 0 Å². The maximum absolute atomic E-state index is 14.1. The zero-order valence-electron chi connectivity index (χ0n) is 23.8. The van der Waals surface area contributed by atoms with Crippen LogP contribution >= 0.6 is 11.3 Å². The Kier molecular flexibility index (Phi) is 9.22. The molecule has 3 heterocycles. The van der Waals surface area contributed by atoms with Crippen molar-refractivity contribution < 1.29 is 23.9 Å². The van der Waals surface area contributed by atoms with Crippen LogP contribution in [0.1, 0.15) is 72.3 Å². The van der Waals surface area contributed by atoms with Gasteiger partial charge in [0.25, 0.3) is 5.91 Å². The molecule has 3 unspecified atom stereocenters. The van der Waals surface area contributed by atoms with Crippen molar-refractivity contribution in [3.63, 3.8) is 0 Å². The minimum atomic E-state index is -0.415. The summed E-state index contributed by atoms with van der Waals surface area (Å²) in [5, 5.41) is 5.76. The molecule has 2 N–H and O–H groups in total. The van der Waals surface area contributed by atoms with Crippen molar-refractivity contribution in [3.8, 4) is 5.75 Å². The zero-order valence-corrected chi connectivity index (χ0v) is 24.6. The number of amides is 4. The average molecular weight is 582 g/mol. The molecule has 1 saturated heterocycles. The number of likely N-dealkylation sites (tertiary alicyclic amines) is 1. The van der Waals surface area contributed by atoms with Crippen LogP contribution in [0.3, 0.4) is 0 Å². The molecule has 4 atom stereocenters. The summed E-state index contributed by atoms with van der Waals surface area (Å²) in [4.78, 5) is 60.4. The molecule has 2 aromatic rings. The Labute approximate surface area is 244 Å². The third kappa shape index (κ3) is 6.24. The number of carbonyl (C=O) groups is 4. The van der Waals surface area contributed by atoms with Crippen molar-refractivity contribution in [1.82, 2.24) is 25.4 Å². The molecule has 11 heteroatoms. The minimum absolute atomic E-state index is 0.0308. The number of carbonyl (C=O) groups excluding carboxylic acids is 4. The lowest BCUT2D eigenvalue weighted by Gasteiger charge is -2.42. The summed E-state index contributed by atoms with van der Waals surface area (Å²) in [6.45, 7) is 3.65. The number of nitrogens with one attached hydrogen (secondary N) is 2. The second kappa shape index (κ2) is 13.0. The summed E-state index contributed by atoms with van der Waals surface area (Å²) < 4.78 is 6.56. The van der Waals surface area contributed by atoms with Gasteiger partial charge in [0.15, 0.2) is 0 Å². The smallest absolute Gasteiger partial charge is 0.265 e. The molecule has 1 aliphatic carbocycles. The number of benzene rings is 1. The molecule has 0 radical (unpaired) electrons. The summed E-state index contributed by atoms with van der Waals surface area (Å²) in [6, 6.07) is 5.52. The van der Waals surface area contributed by atoms with Crippen LogP contribution in [0.15, 0.2) is 29.9 Å². The van der Waals surface area contributed by atoms with E-state index in [1.165, 1.54) is 11.3 Å². The molecule has 1 aromatic heterocycles. The Bertz CT molecular complexity index is 1270. The van der Waals surface area contributed by atoms with Crippen molar-refractivity contribution in [1.29, 1.82) is 0 Å². The Morgan fingerprint density at radius 2 is 1.90 bits per heavy atom. The quantitative estimate of drug-likeness (QED) is 0.495. The van der Waals surface area contributed by atoms with E-state index in [1.807, 2.05) is 17.0 Å². The highest BCUT2D eigenvalue weighted by Gasteiger charge is 2.42. The van der Waals surface area contributed by atoms with Gasteiger partial charge < -0.3 is 25.2 Å². The van der Waals surface area contributed by atoms with Crippen LogP contribution < -0.4 is 15.4 Å². The van der Waals surface area contributed by atoms with Crippen LogP contribution in [0.2, 0.25) is 0 Å². The Hall–Kier alpha value is -3.47. The van der Waals surface area contributed by atoms with Gasteiger partial charge in [-0.1, -0.05) is 31.9 Å². The number of thiazole rings is 1. The Balaban J connectivity index is 1.40. The predicted molar refractivity (Wildman–Crippen MR) is 154 cm³/mol. The highest BCUT2D eigenvalue weighted by Crippen LogP contribution is 2.40. The molecule has 1 saturated carbocycles. The monoisotopic (exact) mass is 581 g/mol. The van der Waals surface area contributed by atoms with E-state index in [1.54, 1.807) is 30.6 Å². The molecular formula is C30H39N5O5S. The predicted octanol–water partition coefficient (Wildman–Crippen LogP) is 2.94. The molecule has 41 heavy (non-hydrogen) atoms. The number of ether oxygens (including phenoxy) is 1. The fourth-order valence-electron chi connectivity index (χ4n) is 6.46. The summed E-state index contributed by atoms with van der Waals surface area (Å²) in [6.07, 6.45) is 6.34. The minimum Gasteiger partial charge on any atom is -0.488 e. The number of fused-ring (bicyclic) bond motifs is 1. The lowest BCUT2D eigenvalue weighted by atomic mass is 9.77. The van der Waals surface area contributed by atoms with E-state index < -0.39 is 6.04 Å². The summed E-state index contributed by atoms with van der Waals surface area (Å²) in [7, 11) is 1.62. The Morgan fingerprint density at radius 1 is 1.10 bits per heavy atom. The normalized spacial score (nSPS) is 24.0. The SMILES string of the molecule is CCC(=O)NC[C@@H]1c2c(cccc2OC2CCN(C(=O)c3cncs3)C2)CCN1C(=O)C1CCCCC1C(=O)NC. The third-order valence-corrected chi connectivity index (χ3v) is 9.38. The maximum Gasteiger partial charge on any atom is 0.265 e. The van der Waals surface area contributed by atoms with Gasteiger partial charge in [0.2, 0.25) is 17.7 Å². The topological polar surface area (TPSA) is 121 Å². The first-order valence-electron chi connectivity index (χ1n) is 14.7. The van der Waals surface area contributed by atoms with Crippen LogP contribution in [0.4, 0.5) is 0 Å². The molecule has 1 aromatic carbocycles. The van der Waals surface area contributed by atoms with Gasteiger partial charge in [-0.25, -0.2) is 0 Å². The van der Waals surface area contributed by atoms with Gasteiger partial charge in [0.1, 0.15) is 16.7 Å². The summed E-state index contributed by atoms with van der Waals surface area (Å²) in [5.41, 5.74) is 3.65. The van der Waals surface area contributed by atoms with Gasteiger partial charge in [-0.2, -0.15) is 0 Å². The van der Waals surface area contributed by atoms with Crippen molar-refractivity contribution >= 4 is 35.0 Å². The van der Waals surface area contributed by atoms with E-state index in [4.69, 9.17) is 4.74 Å². The summed E-state index contributed by atoms with van der Waals surface area (Å²) in [5.74, 6) is -0.292. The average Bonchev–Trinajstić information content (AvgIpc) is 3.72. The standard InChI is InChI=1S/C30H39N5O5S/c1-3-26(36)33-15-23-27-19(11-14-35(23)29(38)22-9-5-4-8-21(22)28(37)31-2)7-6-10-24(27)40-20-12-13-34(17-20)30(39)25-16-32-18-41-25/h6-7,10,16,18,20-23H,3-5,8-9,11-15,17H2,1-2H3,(H,31,37)(H,33,36)/t20?,21?,22?,23-/m1/s1. The van der Waals surface area contributed by atoms with Crippen molar-refractivity contribution in [2.24, 2.45) is 11.8 Å². The Morgan fingerprint density at radius 3 is 2.63 bits per heavy atom. The molecule has 5 rings (SSSR count). The molecule has 10 nitrogen and oxygen atoms in total. The van der Waals surface area contributed by atoms with Gasteiger partial charge in [-0.05, 0) is 30.9 Å². The van der Waals surface area contributed by atoms with Crippen LogP contribution in [-0.4, -0.2) is 77.7 Å². The van der Waals surface area contributed by atoms with E-state index in [9.17, 15) is 19.2 Å². The molecule has 4 amide bonds. The van der Waals surface area contributed by atoms with Crippen molar-refractivity contribution in [2.45, 2.75) is 64.0 Å². The summed E-state index contributed by atoms with van der Waals surface area (Å²) >= 11 is 1.33. The van der Waals surface area contributed by atoms with E-state index in [-0.39, 0.29) is 48.1 Å². The molecule has 2 aliphatic heterocycles. The number of hydrogen-bond acceptors (Lipinski definition) is 7. The number of hydrogen-bond donors (Lipinski definition) is 2. The number of nitrogens with zero attached hydrogens (tertiary/aromatic N) is 3. The van der Waals surface area contributed by atoms with Gasteiger partial charge in [0, 0.05) is 56.9 Å². The largest absolute Gasteiger partial charge is 0.488 e. The second-order valence-corrected chi connectivity index (χ2v) is 11.9. The van der Waals surface area contributed by atoms with Crippen LogP contribution in [-0.2, 0) is 20.8 Å². The lowest BCUT2D eigenvalue weighted by molar-refractivity contribution is -0.146. The lowest BCUT2D eigenvalue weighted by Crippen LogP contribution is -2.50. The van der Waals surface area contributed by atoms with E-state index in [0.717, 1.165) is 24.0 Å². The third-order valence-electron chi connectivity index (χ3n) is 8.62. The first kappa shape index (κ1) is 29.0. The fourth-order valence-corrected chi connectivity index (χ4v) is 7.04. The zero-order chi connectivity index (χ0) is 28.9. The molecule has 0 bridgehead atoms. The molecule has 2 fully saturated rings. The van der Waals surface area contributed by atoms with E-state index >= 15 is 0 Å². The number of rotatable bonds is 8. The van der Waals surface area contributed by atoms with Crippen LogP contribution in [0, 0.1) is 11.8 Å². The van der Waals surface area contributed by atoms with Crippen LogP contribution in [0.5, 0.6) is 5.75 Å². The highest BCUT2D eigenvalue weighted by molar-refractivity contribution is 7.11. The van der Waals surface area contributed by atoms with Gasteiger partial charge in [-0.3, -0.25) is 24.2 Å². The van der Waals surface area contributed by atoms with Gasteiger partial charge in [0.05, 0.1) is 24.3 Å². The van der Waals surface area contributed by atoms with Crippen molar-refractivity contribution in [3.05, 3.63) is 45.9 Å². The first-order chi connectivity index (χ1) is 19.9. The van der Waals surface area contributed by atoms with E-state index in [2.05, 4.69) is 21.7 Å². The highest BCUT2D eigenvalue weighted by atomic mass is 32.1. The molecular weight excluding hydrogens is 542 g/mol. The van der Waals surface area contributed by atoms with E-state index in [0.29, 0.717) is 62.4 Å². The van der Waals surface area contributed by atoms with Gasteiger partial charge >= 0.3 is 0 Å². The second-order valence-electron chi connectivity index (χ2n) is 11.0. The first-order valence-corrected chi connectivity index (χ1v) is 15.5. The number of aromatic nitrogens is 1. The van der Waals surface area contributed by atoms with Crippen molar-refractivity contribution in [2.75, 3.05) is 33.2 Å².